The van der Waals surface area contributed by atoms with Crippen LogP contribution in [0.4, 0.5) is 14.9 Å². The molecule has 3 N–H and O–H groups in total. The van der Waals surface area contributed by atoms with Crippen molar-refractivity contribution in [3.8, 4) is 11.5 Å². The molecule has 1 saturated heterocycles. The molecule has 1 aliphatic rings. The Morgan fingerprint density at radius 1 is 1.16 bits per heavy atom. The molecule has 3 aromatic carbocycles. The van der Waals surface area contributed by atoms with Crippen LogP contribution in [0.15, 0.2) is 54.6 Å². The maximum absolute atomic E-state index is 15.5. The van der Waals surface area contributed by atoms with Gasteiger partial charge in [0.25, 0.3) is 5.91 Å². The predicted molar refractivity (Wildman–Crippen MR) is 109 cm³/mol. The second kappa shape index (κ2) is 7.76. The van der Waals surface area contributed by atoms with Crippen LogP contribution in [-0.4, -0.2) is 27.0 Å². The van der Waals surface area contributed by atoms with E-state index in [0.717, 1.165) is 5.56 Å². The lowest BCUT2D eigenvalue weighted by Crippen LogP contribution is -2.30. The topological polar surface area (TPSA) is 128 Å². The second-order valence-electron chi connectivity index (χ2n) is 6.65. The van der Waals surface area contributed by atoms with E-state index in [1.165, 1.54) is 24.3 Å². The van der Waals surface area contributed by atoms with Gasteiger partial charge in [-0.2, -0.15) is 8.42 Å². The summed E-state index contributed by atoms with van der Waals surface area (Å²) < 4.78 is 53.3. The third-order valence-corrected chi connectivity index (χ3v) is 5.89. The monoisotopic (exact) mass is 445 g/mol. The van der Waals surface area contributed by atoms with E-state index in [9.17, 15) is 18.0 Å². The number of nitrogens with two attached hydrogens (primary N) is 1. The number of ether oxygens (including phenoxy) is 2. The molecule has 1 fully saturated rings. The minimum absolute atomic E-state index is 0.0194. The Morgan fingerprint density at radius 3 is 2.55 bits per heavy atom. The molecule has 1 heterocycles. The molecule has 2 amide bonds. The summed E-state index contributed by atoms with van der Waals surface area (Å²) in [4.78, 5) is 22.7. The maximum Gasteiger partial charge on any atom is 0.409 e. The fourth-order valence-corrected chi connectivity index (χ4v) is 4.37. The van der Waals surface area contributed by atoms with Gasteiger partial charge >= 0.3 is 16.3 Å². The van der Waals surface area contributed by atoms with E-state index in [1.54, 1.807) is 24.3 Å². The van der Waals surface area contributed by atoms with Crippen molar-refractivity contribution in [2.24, 2.45) is 5.73 Å². The zero-order valence-corrected chi connectivity index (χ0v) is 16.7. The molecule has 0 radical (unpaired) electrons. The van der Waals surface area contributed by atoms with Crippen LogP contribution in [0.25, 0.3) is 10.8 Å². The first-order valence-corrected chi connectivity index (χ1v) is 10.4. The fourth-order valence-electron chi connectivity index (χ4n) is 3.21. The molecule has 0 bridgehead atoms. The van der Waals surface area contributed by atoms with Crippen molar-refractivity contribution < 1.29 is 31.9 Å². The Balaban J connectivity index is 1.85. The van der Waals surface area contributed by atoms with Crippen molar-refractivity contribution >= 4 is 38.7 Å². The highest BCUT2D eigenvalue weighted by atomic mass is 32.2. The molecule has 1 aliphatic heterocycles. The number of nitrogens with one attached hydrogen (secondary N) is 1. The number of carbonyl (C=O) groups excluding carboxylic acids is 2. The smallest absolute Gasteiger partial charge is 0.409 e. The summed E-state index contributed by atoms with van der Waals surface area (Å²) in [5.41, 5.74) is 5.38. The van der Waals surface area contributed by atoms with Crippen LogP contribution in [0.3, 0.4) is 0 Å². The quantitative estimate of drug-likeness (QED) is 0.620. The Kier molecular flexibility index (Phi) is 5.11. The third kappa shape index (κ3) is 4.08. The van der Waals surface area contributed by atoms with E-state index < -0.39 is 40.3 Å². The molecule has 31 heavy (non-hydrogen) atoms. The van der Waals surface area contributed by atoms with Crippen molar-refractivity contribution in [1.82, 2.24) is 4.72 Å². The maximum atomic E-state index is 15.5. The summed E-state index contributed by atoms with van der Waals surface area (Å²) >= 11 is 0. The number of hydrogen-bond acceptors (Lipinski definition) is 6. The highest BCUT2D eigenvalue weighted by Gasteiger charge is 2.38. The molecule has 0 aliphatic carbocycles. The predicted octanol–water partition coefficient (Wildman–Crippen LogP) is 2.20. The van der Waals surface area contributed by atoms with Crippen LogP contribution in [-0.2, 0) is 21.6 Å². The first-order valence-electron chi connectivity index (χ1n) is 8.98. The van der Waals surface area contributed by atoms with Crippen molar-refractivity contribution in [2.75, 3.05) is 10.8 Å². The van der Waals surface area contributed by atoms with Gasteiger partial charge in [0.05, 0.1) is 0 Å². The fraction of sp³-hybridized carbons (Fsp3) is 0.100. The summed E-state index contributed by atoms with van der Waals surface area (Å²) in [6, 6.07) is 14.4. The summed E-state index contributed by atoms with van der Waals surface area (Å²) in [6.45, 7) is -0.569. The lowest BCUT2D eigenvalue weighted by atomic mass is 10.1. The molecule has 4 rings (SSSR count). The molecule has 11 heteroatoms. The molecular weight excluding hydrogens is 429 g/mol. The van der Waals surface area contributed by atoms with Gasteiger partial charge in [0.1, 0.15) is 30.3 Å². The number of fused-ring (bicyclic) bond motifs is 1. The molecule has 160 valence electrons. The van der Waals surface area contributed by atoms with Crippen molar-refractivity contribution in [2.45, 2.75) is 6.61 Å². The number of primary amides is 1. The minimum atomic E-state index is -4.28. The van der Waals surface area contributed by atoms with Crippen LogP contribution in [0.5, 0.6) is 11.5 Å². The van der Waals surface area contributed by atoms with Crippen molar-refractivity contribution in [3.63, 3.8) is 0 Å². The minimum Gasteiger partial charge on any atom is -0.487 e. The first-order chi connectivity index (χ1) is 14.7. The number of rotatable bonds is 5. The Hall–Kier alpha value is -3.86. The van der Waals surface area contributed by atoms with E-state index in [1.807, 2.05) is 10.8 Å². The van der Waals surface area contributed by atoms with Gasteiger partial charge in [0.2, 0.25) is 0 Å². The summed E-state index contributed by atoms with van der Waals surface area (Å²) in [6.07, 6.45) is -1.04. The highest BCUT2D eigenvalue weighted by molar-refractivity contribution is 7.92. The van der Waals surface area contributed by atoms with Gasteiger partial charge in [-0.1, -0.05) is 30.3 Å². The highest BCUT2D eigenvalue weighted by Crippen LogP contribution is 2.40. The SMILES string of the molecule is NC(=O)Oc1ccc2c(F)c(N3CC(=O)NS3(=O)=O)c(OCc3ccccc3)cc2c1. The van der Waals surface area contributed by atoms with Crippen molar-refractivity contribution in [1.29, 1.82) is 0 Å². The first kappa shape index (κ1) is 20.4. The lowest BCUT2D eigenvalue weighted by Gasteiger charge is -2.21. The zero-order chi connectivity index (χ0) is 22.2. The number of hydrogen-bond donors (Lipinski definition) is 2. The van der Waals surface area contributed by atoms with E-state index in [2.05, 4.69) is 0 Å². The molecule has 3 aromatic rings. The van der Waals surface area contributed by atoms with Crippen LogP contribution in [0.1, 0.15) is 5.56 Å². The third-order valence-electron chi connectivity index (χ3n) is 4.51. The van der Waals surface area contributed by atoms with Crippen LogP contribution in [0, 0.1) is 5.82 Å². The lowest BCUT2D eigenvalue weighted by molar-refractivity contribution is -0.117. The van der Waals surface area contributed by atoms with E-state index in [-0.39, 0.29) is 28.9 Å². The average molecular weight is 445 g/mol. The molecule has 0 spiro atoms. The van der Waals surface area contributed by atoms with Crippen LogP contribution >= 0.6 is 0 Å². The van der Waals surface area contributed by atoms with Gasteiger partial charge in [-0.05, 0) is 35.2 Å². The zero-order valence-electron chi connectivity index (χ0n) is 15.9. The van der Waals surface area contributed by atoms with Gasteiger partial charge in [-0.25, -0.2) is 18.2 Å². The number of halogens is 1. The van der Waals surface area contributed by atoms with Gasteiger partial charge in [0.15, 0.2) is 5.82 Å². The van der Waals surface area contributed by atoms with Crippen LogP contribution < -0.4 is 24.2 Å². The number of amides is 2. The molecule has 9 nitrogen and oxygen atoms in total. The van der Waals surface area contributed by atoms with Gasteiger partial charge < -0.3 is 15.2 Å². The number of benzene rings is 3. The Labute approximate surface area is 176 Å². The standard InChI is InChI=1S/C20H16FN3O6S/c21-18-15-7-6-14(30-20(22)26)8-13(15)9-16(29-11-12-4-2-1-3-5-12)19(18)24-10-17(25)23-31(24,27)28/h1-9H,10-11H2,(H2,22,26)(H,23,25). The molecule has 0 unspecified atom stereocenters. The summed E-state index contributed by atoms with van der Waals surface area (Å²) in [7, 11) is -4.28. The summed E-state index contributed by atoms with van der Waals surface area (Å²) in [5, 5.41) is 0.312. The summed E-state index contributed by atoms with van der Waals surface area (Å²) in [5.74, 6) is -1.73. The number of nitrogens with zero attached hydrogens (tertiary/aromatic N) is 1. The normalized spacial score (nSPS) is 15.0. The van der Waals surface area contributed by atoms with Crippen molar-refractivity contribution in [3.05, 3.63) is 66.0 Å². The van der Waals surface area contributed by atoms with Gasteiger partial charge in [-0.3, -0.25) is 4.79 Å². The van der Waals surface area contributed by atoms with E-state index >= 15 is 4.39 Å². The van der Waals surface area contributed by atoms with Crippen LogP contribution in [0.2, 0.25) is 0 Å². The molecule has 0 atom stereocenters. The number of anilines is 1. The van der Waals surface area contributed by atoms with E-state index in [0.29, 0.717) is 4.31 Å². The van der Waals surface area contributed by atoms with Gasteiger partial charge in [0, 0.05) is 5.39 Å². The molecule has 0 saturated carbocycles. The Bertz CT molecular complexity index is 1300. The Morgan fingerprint density at radius 2 is 1.90 bits per heavy atom. The largest absolute Gasteiger partial charge is 0.487 e. The number of carbonyl (C=O) groups is 2. The van der Waals surface area contributed by atoms with Gasteiger partial charge in [-0.15, -0.1) is 0 Å². The second-order valence-corrected chi connectivity index (χ2v) is 8.25. The van der Waals surface area contributed by atoms with E-state index in [4.69, 9.17) is 15.2 Å². The molecule has 0 aromatic heterocycles. The average Bonchev–Trinajstić information content (AvgIpc) is 2.98. The molecular formula is C20H16FN3O6S.